The van der Waals surface area contributed by atoms with Crippen molar-refractivity contribution >= 4 is 11.9 Å². The van der Waals surface area contributed by atoms with Gasteiger partial charge in [-0.05, 0) is 22.8 Å². The smallest absolute Gasteiger partial charge is 0.326 e. The molecule has 3 rings (SSSR count). The summed E-state index contributed by atoms with van der Waals surface area (Å²) >= 11 is 0. The normalized spacial score (nSPS) is 11.8. The summed E-state index contributed by atoms with van der Waals surface area (Å²) in [6.07, 6.45) is -0.135. The number of carbonyl (C=O) groups is 2. The summed E-state index contributed by atoms with van der Waals surface area (Å²) in [5.74, 6) is -2.81. The van der Waals surface area contributed by atoms with E-state index in [4.69, 9.17) is 0 Å². The maximum Gasteiger partial charge on any atom is 0.326 e. The molecule has 1 atom stereocenters. The topological polar surface area (TPSA) is 66.4 Å². The van der Waals surface area contributed by atoms with Gasteiger partial charge in [-0.25, -0.2) is 9.18 Å². The number of carboxylic acid groups (broad SMARTS) is 1. The fraction of sp³-hybridized carbons (Fsp3) is 0.130. The fourth-order valence-electron chi connectivity index (χ4n) is 3.13. The standard InChI is InChI=1S/C23H20FNO3/c24-19-14-8-7-13-18(19)15-20(23(27)28)25-22(26)21(16-9-3-1-4-10-16)17-11-5-2-6-12-17/h1-14,20-21H,15H2,(H,25,26)(H,27,28)/t20-/m1/s1. The Labute approximate surface area is 162 Å². The highest BCUT2D eigenvalue weighted by Crippen LogP contribution is 2.25. The number of hydrogen-bond acceptors (Lipinski definition) is 2. The van der Waals surface area contributed by atoms with E-state index in [2.05, 4.69) is 5.32 Å². The van der Waals surface area contributed by atoms with Crippen LogP contribution in [0.4, 0.5) is 4.39 Å². The van der Waals surface area contributed by atoms with Gasteiger partial charge < -0.3 is 10.4 Å². The summed E-state index contributed by atoms with van der Waals surface area (Å²) in [6.45, 7) is 0. The molecule has 0 aliphatic heterocycles. The predicted molar refractivity (Wildman–Crippen MR) is 104 cm³/mol. The summed E-state index contributed by atoms with van der Waals surface area (Å²) in [7, 11) is 0. The predicted octanol–water partition coefficient (Wildman–Crippen LogP) is 3.77. The summed E-state index contributed by atoms with van der Waals surface area (Å²) in [5.41, 5.74) is 1.74. The number of hydrogen-bond donors (Lipinski definition) is 2. The van der Waals surface area contributed by atoms with Crippen LogP contribution in [-0.4, -0.2) is 23.0 Å². The van der Waals surface area contributed by atoms with Gasteiger partial charge in [0.05, 0.1) is 5.92 Å². The van der Waals surface area contributed by atoms with Crippen LogP contribution in [-0.2, 0) is 16.0 Å². The van der Waals surface area contributed by atoms with Gasteiger partial charge in [-0.3, -0.25) is 4.79 Å². The molecule has 4 nitrogen and oxygen atoms in total. The second kappa shape index (κ2) is 8.95. The molecule has 0 unspecified atom stereocenters. The number of carbonyl (C=O) groups excluding carboxylic acids is 1. The summed E-state index contributed by atoms with van der Waals surface area (Å²) < 4.78 is 13.9. The lowest BCUT2D eigenvalue weighted by molar-refractivity contribution is -0.141. The van der Waals surface area contributed by atoms with Gasteiger partial charge in [0, 0.05) is 6.42 Å². The summed E-state index contributed by atoms with van der Waals surface area (Å²) in [6, 6.07) is 23.0. The van der Waals surface area contributed by atoms with Crippen molar-refractivity contribution in [1.29, 1.82) is 0 Å². The first-order valence-corrected chi connectivity index (χ1v) is 8.92. The molecular formula is C23H20FNO3. The van der Waals surface area contributed by atoms with Crippen molar-refractivity contribution in [2.45, 2.75) is 18.4 Å². The van der Waals surface area contributed by atoms with Crippen LogP contribution in [0.3, 0.4) is 0 Å². The molecule has 0 spiro atoms. The maximum atomic E-state index is 13.9. The minimum atomic E-state index is -1.24. The molecule has 3 aromatic carbocycles. The van der Waals surface area contributed by atoms with Crippen molar-refractivity contribution in [2.24, 2.45) is 0 Å². The number of amides is 1. The second-order valence-electron chi connectivity index (χ2n) is 6.45. The van der Waals surface area contributed by atoms with E-state index in [0.717, 1.165) is 11.1 Å². The Morgan fingerprint density at radius 2 is 1.32 bits per heavy atom. The van der Waals surface area contributed by atoms with Crippen LogP contribution < -0.4 is 5.32 Å². The van der Waals surface area contributed by atoms with Gasteiger partial charge in [0.2, 0.25) is 5.91 Å². The van der Waals surface area contributed by atoms with Gasteiger partial charge >= 0.3 is 5.97 Å². The Morgan fingerprint density at radius 3 is 1.82 bits per heavy atom. The quantitative estimate of drug-likeness (QED) is 0.659. The van der Waals surface area contributed by atoms with Crippen LogP contribution in [0.15, 0.2) is 84.9 Å². The van der Waals surface area contributed by atoms with E-state index in [0.29, 0.717) is 0 Å². The molecule has 3 aromatic rings. The van der Waals surface area contributed by atoms with E-state index in [-0.39, 0.29) is 12.0 Å². The lowest BCUT2D eigenvalue weighted by atomic mass is 9.90. The molecule has 0 aliphatic rings. The molecule has 2 N–H and O–H groups in total. The third-order valence-electron chi connectivity index (χ3n) is 4.52. The van der Waals surface area contributed by atoms with Crippen LogP contribution >= 0.6 is 0 Å². The van der Waals surface area contributed by atoms with Crippen molar-refractivity contribution in [1.82, 2.24) is 5.32 Å². The first-order valence-electron chi connectivity index (χ1n) is 8.92. The van der Waals surface area contributed by atoms with Crippen molar-refractivity contribution in [3.05, 3.63) is 107 Å². The fourth-order valence-corrected chi connectivity index (χ4v) is 3.13. The molecule has 5 heteroatoms. The highest BCUT2D eigenvalue weighted by atomic mass is 19.1. The van der Waals surface area contributed by atoms with E-state index in [9.17, 15) is 19.1 Å². The van der Waals surface area contributed by atoms with Crippen LogP contribution in [0.2, 0.25) is 0 Å². The third kappa shape index (κ3) is 4.62. The van der Waals surface area contributed by atoms with Gasteiger partial charge in [-0.2, -0.15) is 0 Å². The largest absolute Gasteiger partial charge is 0.480 e. The molecule has 1 amide bonds. The van der Waals surface area contributed by atoms with E-state index in [1.165, 1.54) is 18.2 Å². The lowest BCUT2D eigenvalue weighted by Gasteiger charge is -2.21. The van der Waals surface area contributed by atoms with Crippen molar-refractivity contribution in [3.63, 3.8) is 0 Å². The molecule has 0 fully saturated rings. The molecule has 142 valence electrons. The Hall–Kier alpha value is -3.47. The van der Waals surface area contributed by atoms with Gasteiger partial charge in [0.15, 0.2) is 0 Å². The highest BCUT2D eigenvalue weighted by Gasteiger charge is 2.28. The number of nitrogens with one attached hydrogen (secondary N) is 1. The zero-order valence-corrected chi connectivity index (χ0v) is 15.1. The van der Waals surface area contributed by atoms with E-state index >= 15 is 0 Å². The van der Waals surface area contributed by atoms with Crippen LogP contribution in [0.25, 0.3) is 0 Å². The van der Waals surface area contributed by atoms with Crippen molar-refractivity contribution in [2.75, 3.05) is 0 Å². The summed E-state index contributed by atoms with van der Waals surface area (Å²) in [5, 5.41) is 12.1. The Bertz CT molecular complexity index is 905. The van der Waals surface area contributed by atoms with Gasteiger partial charge in [0.25, 0.3) is 0 Å². The monoisotopic (exact) mass is 377 g/mol. The van der Waals surface area contributed by atoms with Gasteiger partial charge in [-0.1, -0.05) is 78.9 Å². The van der Waals surface area contributed by atoms with E-state index < -0.39 is 29.7 Å². The molecule has 0 saturated heterocycles. The second-order valence-corrected chi connectivity index (χ2v) is 6.45. The lowest BCUT2D eigenvalue weighted by Crippen LogP contribution is -2.44. The first-order chi connectivity index (χ1) is 13.6. The minimum Gasteiger partial charge on any atom is -0.480 e. The van der Waals surface area contributed by atoms with E-state index in [1.807, 2.05) is 60.7 Å². The summed E-state index contributed by atoms with van der Waals surface area (Å²) in [4.78, 5) is 24.8. The average Bonchev–Trinajstić information content (AvgIpc) is 2.71. The van der Waals surface area contributed by atoms with Gasteiger partial charge in [-0.15, -0.1) is 0 Å². The maximum absolute atomic E-state index is 13.9. The number of benzene rings is 3. The Kier molecular flexibility index (Phi) is 6.17. The first kappa shape index (κ1) is 19.3. The van der Waals surface area contributed by atoms with Crippen molar-refractivity contribution < 1.29 is 19.1 Å². The molecular weight excluding hydrogens is 357 g/mol. The minimum absolute atomic E-state index is 0.135. The molecule has 0 heterocycles. The van der Waals surface area contributed by atoms with E-state index in [1.54, 1.807) is 6.07 Å². The number of rotatable bonds is 7. The van der Waals surface area contributed by atoms with Crippen LogP contribution in [0, 0.1) is 5.82 Å². The van der Waals surface area contributed by atoms with Crippen LogP contribution in [0.5, 0.6) is 0 Å². The zero-order chi connectivity index (χ0) is 19.9. The molecule has 28 heavy (non-hydrogen) atoms. The van der Waals surface area contributed by atoms with Gasteiger partial charge in [0.1, 0.15) is 11.9 Å². The highest BCUT2D eigenvalue weighted by molar-refractivity contribution is 5.90. The number of carboxylic acids is 1. The SMILES string of the molecule is O=C(N[C@H](Cc1ccccc1F)C(=O)O)C(c1ccccc1)c1ccccc1. The number of aliphatic carboxylic acids is 1. The van der Waals surface area contributed by atoms with Crippen molar-refractivity contribution in [3.8, 4) is 0 Å². The van der Waals surface area contributed by atoms with Crippen LogP contribution in [0.1, 0.15) is 22.6 Å². The molecule has 0 radical (unpaired) electrons. The molecule has 0 bridgehead atoms. The molecule has 0 aliphatic carbocycles. The molecule has 0 aromatic heterocycles. The third-order valence-corrected chi connectivity index (χ3v) is 4.52. The Morgan fingerprint density at radius 1 is 0.821 bits per heavy atom. The zero-order valence-electron chi connectivity index (χ0n) is 15.1. The average molecular weight is 377 g/mol. The number of halogens is 1. The Balaban J connectivity index is 1.87. The molecule has 0 saturated carbocycles.